The van der Waals surface area contributed by atoms with Crippen LogP contribution in [0, 0.1) is 12.7 Å². The summed E-state index contributed by atoms with van der Waals surface area (Å²) < 4.78 is 14.6. The van der Waals surface area contributed by atoms with Gasteiger partial charge in [-0.15, -0.1) is 0 Å². The quantitative estimate of drug-likeness (QED) is 0.876. The van der Waals surface area contributed by atoms with E-state index in [9.17, 15) is 4.39 Å². The molecule has 2 nitrogen and oxygen atoms in total. The van der Waals surface area contributed by atoms with Crippen molar-refractivity contribution in [2.75, 3.05) is 6.54 Å². The standard InChI is InChI=1S/C16H18BrFN2/c1-3-6-19-16(15-5-4-13(17)10-20-15)12-7-11(2)8-14(18)9-12/h4-5,7-10,16,19H,3,6H2,1-2H3. The van der Waals surface area contributed by atoms with Gasteiger partial charge in [-0.3, -0.25) is 4.98 Å². The molecule has 1 unspecified atom stereocenters. The number of halogens is 2. The number of nitrogens with zero attached hydrogens (tertiary/aromatic N) is 1. The maximum atomic E-state index is 13.6. The molecule has 1 aromatic heterocycles. The predicted octanol–water partition coefficient (Wildman–Crippen LogP) is 4.38. The maximum Gasteiger partial charge on any atom is 0.123 e. The molecule has 0 saturated heterocycles. The monoisotopic (exact) mass is 336 g/mol. The second-order valence-corrected chi connectivity index (χ2v) is 5.77. The minimum absolute atomic E-state index is 0.0857. The van der Waals surface area contributed by atoms with Crippen molar-refractivity contribution in [3.63, 3.8) is 0 Å². The van der Waals surface area contributed by atoms with Crippen LogP contribution >= 0.6 is 15.9 Å². The molecule has 0 radical (unpaired) electrons. The first kappa shape index (κ1) is 15.1. The maximum absolute atomic E-state index is 13.6. The molecule has 0 aliphatic carbocycles. The Morgan fingerprint density at radius 1 is 1.30 bits per heavy atom. The highest BCUT2D eigenvalue weighted by Gasteiger charge is 2.15. The Hall–Kier alpha value is -1.26. The van der Waals surface area contributed by atoms with Crippen LogP contribution in [0.25, 0.3) is 0 Å². The lowest BCUT2D eigenvalue weighted by Crippen LogP contribution is -2.24. The number of pyridine rings is 1. The van der Waals surface area contributed by atoms with Crippen molar-refractivity contribution >= 4 is 15.9 Å². The second kappa shape index (κ2) is 6.95. The summed E-state index contributed by atoms with van der Waals surface area (Å²) in [5.74, 6) is -0.208. The minimum atomic E-state index is -0.208. The third-order valence-corrected chi connectivity index (χ3v) is 3.51. The van der Waals surface area contributed by atoms with Crippen LogP contribution in [-0.2, 0) is 0 Å². The van der Waals surface area contributed by atoms with Gasteiger partial charge in [0.05, 0.1) is 11.7 Å². The minimum Gasteiger partial charge on any atom is -0.305 e. The Bertz CT molecular complexity index is 549. The van der Waals surface area contributed by atoms with Gasteiger partial charge in [-0.2, -0.15) is 0 Å². The molecule has 0 bridgehead atoms. The smallest absolute Gasteiger partial charge is 0.123 e. The van der Waals surface area contributed by atoms with Crippen molar-refractivity contribution in [1.82, 2.24) is 10.3 Å². The van der Waals surface area contributed by atoms with E-state index in [1.165, 1.54) is 6.07 Å². The molecule has 0 fully saturated rings. The summed E-state index contributed by atoms with van der Waals surface area (Å²) in [5.41, 5.74) is 2.72. The van der Waals surface area contributed by atoms with Crippen LogP contribution in [0.2, 0.25) is 0 Å². The summed E-state index contributed by atoms with van der Waals surface area (Å²) in [5, 5.41) is 3.43. The van der Waals surface area contributed by atoms with Crippen molar-refractivity contribution in [2.45, 2.75) is 26.3 Å². The second-order valence-electron chi connectivity index (χ2n) is 4.85. The molecule has 1 aromatic carbocycles. The number of nitrogens with one attached hydrogen (secondary N) is 1. The zero-order valence-corrected chi connectivity index (χ0v) is 13.2. The molecular formula is C16H18BrFN2. The van der Waals surface area contributed by atoms with Crippen LogP contribution in [0.3, 0.4) is 0 Å². The molecule has 2 rings (SSSR count). The first-order valence-electron chi connectivity index (χ1n) is 6.72. The van der Waals surface area contributed by atoms with Gasteiger partial charge in [-0.1, -0.05) is 13.0 Å². The van der Waals surface area contributed by atoms with E-state index in [2.05, 4.69) is 33.2 Å². The summed E-state index contributed by atoms with van der Waals surface area (Å²) in [4.78, 5) is 4.44. The third kappa shape index (κ3) is 3.87. The van der Waals surface area contributed by atoms with Gasteiger partial charge in [0, 0.05) is 10.7 Å². The van der Waals surface area contributed by atoms with Crippen molar-refractivity contribution in [1.29, 1.82) is 0 Å². The van der Waals surface area contributed by atoms with Gasteiger partial charge < -0.3 is 5.32 Å². The average molecular weight is 337 g/mol. The number of benzene rings is 1. The van der Waals surface area contributed by atoms with Gasteiger partial charge in [0.2, 0.25) is 0 Å². The molecule has 0 amide bonds. The zero-order valence-electron chi connectivity index (χ0n) is 11.7. The molecular weight excluding hydrogens is 319 g/mol. The molecule has 2 aromatic rings. The first-order chi connectivity index (χ1) is 9.60. The Balaban J connectivity index is 2.38. The Morgan fingerprint density at radius 3 is 2.70 bits per heavy atom. The van der Waals surface area contributed by atoms with Crippen molar-refractivity contribution in [3.05, 3.63) is 63.6 Å². The highest BCUT2D eigenvalue weighted by Crippen LogP contribution is 2.23. The third-order valence-electron chi connectivity index (χ3n) is 3.04. The molecule has 1 atom stereocenters. The number of aryl methyl sites for hydroxylation is 1. The van der Waals surface area contributed by atoms with Gasteiger partial charge in [0.1, 0.15) is 5.82 Å². The van der Waals surface area contributed by atoms with Crippen molar-refractivity contribution in [3.8, 4) is 0 Å². The fourth-order valence-corrected chi connectivity index (χ4v) is 2.41. The van der Waals surface area contributed by atoms with E-state index in [1.807, 2.05) is 25.1 Å². The summed E-state index contributed by atoms with van der Waals surface area (Å²) in [6.07, 6.45) is 2.78. The molecule has 0 saturated carbocycles. The lowest BCUT2D eigenvalue weighted by atomic mass is 10.0. The Kier molecular flexibility index (Phi) is 5.26. The summed E-state index contributed by atoms with van der Waals surface area (Å²) in [6, 6.07) is 8.93. The van der Waals surface area contributed by atoms with E-state index in [-0.39, 0.29) is 11.9 Å². The van der Waals surface area contributed by atoms with Crippen LogP contribution < -0.4 is 5.32 Å². The van der Waals surface area contributed by atoms with Crippen LogP contribution in [0.4, 0.5) is 4.39 Å². The molecule has 1 N–H and O–H groups in total. The number of hydrogen-bond acceptors (Lipinski definition) is 2. The number of hydrogen-bond donors (Lipinski definition) is 1. The van der Waals surface area contributed by atoms with E-state index < -0.39 is 0 Å². The summed E-state index contributed by atoms with van der Waals surface area (Å²) >= 11 is 3.38. The SMILES string of the molecule is CCCNC(c1cc(C)cc(F)c1)c1ccc(Br)cn1. The van der Waals surface area contributed by atoms with Crippen molar-refractivity contribution in [2.24, 2.45) is 0 Å². The van der Waals surface area contributed by atoms with Gasteiger partial charge in [0.15, 0.2) is 0 Å². The molecule has 4 heteroatoms. The van der Waals surface area contributed by atoms with Crippen LogP contribution in [0.15, 0.2) is 41.0 Å². The largest absolute Gasteiger partial charge is 0.305 e. The topological polar surface area (TPSA) is 24.9 Å². The van der Waals surface area contributed by atoms with Crippen LogP contribution in [0.1, 0.15) is 36.2 Å². The van der Waals surface area contributed by atoms with Crippen LogP contribution in [0.5, 0.6) is 0 Å². The summed E-state index contributed by atoms with van der Waals surface area (Å²) in [7, 11) is 0. The Labute approximate surface area is 127 Å². The van der Waals surface area contributed by atoms with E-state index in [0.29, 0.717) is 0 Å². The first-order valence-corrected chi connectivity index (χ1v) is 7.51. The van der Waals surface area contributed by atoms with Gasteiger partial charge >= 0.3 is 0 Å². The molecule has 0 aliphatic rings. The zero-order chi connectivity index (χ0) is 14.5. The highest BCUT2D eigenvalue weighted by atomic mass is 79.9. The molecule has 0 aliphatic heterocycles. The number of rotatable bonds is 5. The molecule has 0 spiro atoms. The van der Waals surface area contributed by atoms with Crippen LogP contribution in [-0.4, -0.2) is 11.5 Å². The normalized spacial score (nSPS) is 12.4. The molecule has 106 valence electrons. The van der Waals surface area contributed by atoms with E-state index in [4.69, 9.17) is 0 Å². The van der Waals surface area contributed by atoms with Gasteiger partial charge in [0.25, 0.3) is 0 Å². The Morgan fingerprint density at radius 2 is 2.10 bits per heavy atom. The fraction of sp³-hybridized carbons (Fsp3) is 0.312. The molecule has 20 heavy (non-hydrogen) atoms. The lowest BCUT2D eigenvalue weighted by molar-refractivity contribution is 0.575. The van der Waals surface area contributed by atoms with Gasteiger partial charge in [-0.05, 0) is 71.2 Å². The van der Waals surface area contributed by atoms with E-state index in [1.54, 1.807) is 12.3 Å². The summed E-state index contributed by atoms with van der Waals surface area (Å²) in [6.45, 7) is 4.87. The van der Waals surface area contributed by atoms with Gasteiger partial charge in [-0.25, -0.2) is 4.39 Å². The average Bonchev–Trinajstić information content (AvgIpc) is 2.40. The van der Waals surface area contributed by atoms with E-state index in [0.717, 1.165) is 34.3 Å². The van der Waals surface area contributed by atoms with E-state index >= 15 is 0 Å². The van der Waals surface area contributed by atoms with Crippen molar-refractivity contribution < 1.29 is 4.39 Å². The highest BCUT2D eigenvalue weighted by molar-refractivity contribution is 9.10. The number of aromatic nitrogens is 1. The lowest BCUT2D eigenvalue weighted by Gasteiger charge is -2.19. The molecule has 1 heterocycles. The predicted molar refractivity (Wildman–Crippen MR) is 83.2 cm³/mol. The fourth-order valence-electron chi connectivity index (χ4n) is 2.17.